The Morgan fingerprint density at radius 1 is 1.28 bits per heavy atom. The van der Waals surface area contributed by atoms with Crippen LogP contribution in [0.25, 0.3) is 11.3 Å². The molecular formula is C14H13F2NO. The van der Waals surface area contributed by atoms with E-state index in [2.05, 4.69) is 5.16 Å². The third kappa shape index (κ3) is 1.82. The zero-order valence-electron chi connectivity index (χ0n) is 9.99. The summed E-state index contributed by atoms with van der Waals surface area (Å²) in [5, 5.41) is 3.98. The topological polar surface area (TPSA) is 26.0 Å². The van der Waals surface area contributed by atoms with Crippen molar-refractivity contribution in [2.45, 2.75) is 32.1 Å². The molecule has 2 nitrogen and oxygen atoms in total. The summed E-state index contributed by atoms with van der Waals surface area (Å²) in [6.45, 7) is 1.89. The van der Waals surface area contributed by atoms with Crippen LogP contribution >= 0.6 is 0 Å². The third-order valence-electron chi connectivity index (χ3n) is 3.36. The molecular weight excluding hydrogens is 236 g/mol. The Morgan fingerprint density at radius 2 is 2.00 bits per heavy atom. The van der Waals surface area contributed by atoms with Crippen LogP contribution in [0.1, 0.15) is 42.1 Å². The molecule has 1 saturated carbocycles. The Bertz CT molecular complexity index is 573. The molecule has 18 heavy (non-hydrogen) atoms. The van der Waals surface area contributed by atoms with Crippen molar-refractivity contribution in [3.05, 3.63) is 41.2 Å². The van der Waals surface area contributed by atoms with E-state index in [1.165, 1.54) is 6.07 Å². The van der Waals surface area contributed by atoms with Gasteiger partial charge in [0.25, 0.3) is 6.43 Å². The molecule has 0 radical (unpaired) electrons. The number of nitrogens with zero attached hydrogens (tertiary/aromatic N) is 1. The van der Waals surface area contributed by atoms with Gasteiger partial charge in [0.1, 0.15) is 11.5 Å². The molecule has 0 saturated heterocycles. The molecule has 0 unspecified atom stereocenters. The highest BCUT2D eigenvalue weighted by molar-refractivity contribution is 5.67. The predicted molar refractivity (Wildman–Crippen MR) is 63.6 cm³/mol. The monoisotopic (exact) mass is 249 g/mol. The van der Waals surface area contributed by atoms with E-state index in [9.17, 15) is 8.78 Å². The highest BCUT2D eigenvalue weighted by Crippen LogP contribution is 2.44. The maximum atomic E-state index is 13.0. The standard InChI is InChI=1S/C14H13F2NO/c1-8-12(17-18-13(8)9-6-7-9)10-4-2-3-5-11(10)14(15)16/h2-5,9,14H,6-7H2,1H3. The molecule has 0 spiro atoms. The number of halogens is 2. The molecule has 1 heterocycles. The van der Waals surface area contributed by atoms with Crippen molar-refractivity contribution >= 4 is 0 Å². The van der Waals surface area contributed by atoms with Crippen molar-refractivity contribution in [3.8, 4) is 11.3 Å². The Hall–Kier alpha value is -1.71. The molecule has 94 valence electrons. The molecule has 1 fully saturated rings. The average molecular weight is 249 g/mol. The summed E-state index contributed by atoms with van der Waals surface area (Å²) in [5.74, 6) is 1.29. The Kier molecular flexibility index (Phi) is 2.65. The Morgan fingerprint density at radius 3 is 2.67 bits per heavy atom. The summed E-state index contributed by atoms with van der Waals surface area (Å²) >= 11 is 0. The first-order valence-corrected chi connectivity index (χ1v) is 6.02. The second kappa shape index (κ2) is 4.19. The van der Waals surface area contributed by atoms with E-state index in [0.29, 0.717) is 17.2 Å². The minimum absolute atomic E-state index is 0.0104. The number of rotatable bonds is 3. The first kappa shape index (κ1) is 11.4. The van der Waals surface area contributed by atoms with Crippen LogP contribution in [0.5, 0.6) is 0 Å². The van der Waals surface area contributed by atoms with Gasteiger partial charge in [0.05, 0.1) is 0 Å². The molecule has 1 aliphatic carbocycles. The van der Waals surface area contributed by atoms with E-state index in [4.69, 9.17) is 4.52 Å². The molecule has 0 atom stereocenters. The third-order valence-corrected chi connectivity index (χ3v) is 3.36. The van der Waals surface area contributed by atoms with Crippen LogP contribution in [-0.2, 0) is 0 Å². The van der Waals surface area contributed by atoms with Crippen LogP contribution in [0.3, 0.4) is 0 Å². The second-order valence-corrected chi connectivity index (χ2v) is 4.68. The van der Waals surface area contributed by atoms with Crippen LogP contribution in [0, 0.1) is 6.92 Å². The number of hydrogen-bond donors (Lipinski definition) is 0. The summed E-state index contributed by atoms with van der Waals surface area (Å²) in [5.41, 5.74) is 1.93. The Labute approximate surface area is 104 Å². The van der Waals surface area contributed by atoms with Crippen LogP contribution in [0.15, 0.2) is 28.8 Å². The maximum absolute atomic E-state index is 13.0. The molecule has 0 amide bonds. The van der Waals surface area contributed by atoms with Gasteiger partial charge < -0.3 is 4.52 Å². The number of alkyl halides is 2. The summed E-state index contributed by atoms with van der Waals surface area (Å²) in [4.78, 5) is 0. The van der Waals surface area contributed by atoms with Crippen LogP contribution in [0.4, 0.5) is 8.78 Å². The first-order valence-electron chi connectivity index (χ1n) is 6.02. The van der Waals surface area contributed by atoms with E-state index in [1.54, 1.807) is 18.2 Å². The van der Waals surface area contributed by atoms with Gasteiger partial charge in [-0.25, -0.2) is 8.78 Å². The van der Waals surface area contributed by atoms with Crippen LogP contribution in [-0.4, -0.2) is 5.16 Å². The van der Waals surface area contributed by atoms with Gasteiger partial charge in [-0.3, -0.25) is 0 Å². The highest BCUT2D eigenvalue weighted by Gasteiger charge is 2.31. The number of benzene rings is 1. The van der Waals surface area contributed by atoms with Gasteiger partial charge in [0.15, 0.2) is 0 Å². The van der Waals surface area contributed by atoms with Crippen molar-refractivity contribution in [3.63, 3.8) is 0 Å². The largest absolute Gasteiger partial charge is 0.360 e. The number of hydrogen-bond acceptors (Lipinski definition) is 2. The minimum atomic E-state index is -2.50. The molecule has 2 aromatic rings. The fourth-order valence-electron chi connectivity index (χ4n) is 2.23. The van der Waals surface area contributed by atoms with Gasteiger partial charge in [0, 0.05) is 22.6 Å². The lowest BCUT2D eigenvalue weighted by Gasteiger charge is -2.06. The fraction of sp³-hybridized carbons (Fsp3) is 0.357. The lowest BCUT2D eigenvalue weighted by Crippen LogP contribution is -1.91. The van der Waals surface area contributed by atoms with E-state index in [-0.39, 0.29) is 5.56 Å². The summed E-state index contributed by atoms with van der Waals surface area (Å²) in [7, 11) is 0. The molecule has 1 aromatic heterocycles. The average Bonchev–Trinajstić information content (AvgIpc) is 3.13. The molecule has 4 heteroatoms. The van der Waals surface area contributed by atoms with Crippen LogP contribution in [0.2, 0.25) is 0 Å². The zero-order valence-corrected chi connectivity index (χ0v) is 9.99. The fourth-order valence-corrected chi connectivity index (χ4v) is 2.23. The minimum Gasteiger partial charge on any atom is -0.360 e. The summed E-state index contributed by atoms with van der Waals surface area (Å²) in [6.07, 6.45) is -0.292. The van der Waals surface area contributed by atoms with Gasteiger partial charge >= 0.3 is 0 Å². The van der Waals surface area contributed by atoms with Gasteiger partial charge in [-0.2, -0.15) is 0 Å². The van der Waals surface area contributed by atoms with Crippen molar-refractivity contribution in [2.24, 2.45) is 0 Å². The van der Waals surface area contributed by atoms with E-state index < -0.39 is 6.43 Å². The maximum Gasteiger partial charge on any atom is 0.264 e. The predicted octanol–water partition coefficient (Wildman–Crippen LogP) is 4.47. The summed E-state index contributed by atoms with van der Waals surface area (Å²) < 4.78 is 31.2. The van der Waals surface area contributed by atoms with E-state index in [0.717, 1.165) is 24.2 Å². The van der Waals surface area contributed by atoms with Crippen molar-refractivity contribution < 1.29 is 13.3 Å². The molecule has 0 aliphatic heterocycles. The zero-order chi connectivity index (χ0) is 12.7. The lowest BCUT2D eigenvalue weighted by molar-refractivity contribution is 0.152. The number of aromatic nitrogens is 1. The van der Waals surface area contributed by atoms with E-state index >= 15 is 0 Å². The van der Waals surface area contributed by atoms with E-state index in [1.807, 2.05) is 6.92 Å². The highest BCUT2D eigenvalue weighted by atomic mass is 19.3. The van der Waals surface area contributed by atoms with Crippen molar-refractivity contribution in [1.82, 2.24) is 5.16 Å². The summed E-state index contributed by atoms with van der Waals surface area (Å²) in [6, 6.07) is 6.46. The molecule has 0 bridgehead atoms. The first-order chi connectivity index (χ1) is 8.68. The quantitative estimate of drug-likeness (QED) is 0.802. The lowest BCUT2D eigenvalue weighted by atomic mass is 10.0. The normalized spacial score (nSPS) is 15.3. The SMILES string of the molecule is Cc1c(-c2ccccc2C(F)F)noc1C1CC1. The van der Waals surface area contributed by atoms with Gasteiger partial charge in [-0.15, -0.1) is 0 Å². The molecule has 1 aromatic carbocycles. The van der Waals surface area contributed by atoms with Gasteiger partial charge in [-0.05, 0) is 19.8 Å². The second-order valence-electron chi connectivity index (χ2n) is 4.68. The van der Waals surface area contributed by atoms with Gasteiger partial charge in [-0.1, -0.05) is 29.4 Å². The van der Waals surface area contributed by atoms with Gasteiger partial charge in [0.2, 0.25) is 0 Å². The smallest absolute Gasteiger partial charge is 0.264 e. The van der Waals surface area contributed by atoms with Crippen molar-refractivity contribution in [1.29, 1.82) is 0 Å². The molecule has 1 aliphatic rings. The molecule has 0 N–H and O–H groups in total. The molecule has 3 rings (SSSR count). The Balaban J connectivity index is 2.09. The van der Waals surface area contributed by atoms with Crippen LogP contribution < -0.4 is 0 Å². The van der Waals surface area contributed by atoms with Crippen molar-refractivity contribution in [2.75, 3.05) is 0 Å².